The molecule has 0 aromatic carbocycles. The van der Waals surface area contributed by atoms with Crippen LogP contribution in [0.5, 0.6) is 0 Å². The number of anilines is 4. The zero-order valence-corrected chi connectivity index (χ0v) is 22.3. The number of amides is 1. The lowest BCUT2D eigenvalue weighted by atomic mass is 10.1. The Bertz CT molecular complexity index is 1250. The van der Waals surface area contributed by atoms with Crippen LogP contribution in [-0.4, -0.2) is 84.6 Å². The Morgan fingerprint density at radius 3 is 2.57 bits per heavy atom. The van der Waals surface area contributed by atoms with E-state index in [1.807, 2.05) is 23.1 Å². The third kappa shape index (κ3) is 5.59. The fourth-order valence-corrected chi connectivity index (χ4v) is 6.03. The molecule has 6 heterocycles. The van der Waals surface area contributed by atoms with E-state index in [1.165, 1.54) is 6.42 Å². The molecule has 6 rings (SSSR count). The number of hydrogen-bond donors (Lipinski definition) is 2. The lowest BCUT2D eigenvalue weighted by molar-refractivity contribution is 0.102. The van der Waals surface area contributed by atoms with Crippen LogP contribution >= 0.6 is 23.7 Å². The molecule has 0 radical (unpaired) electrons. The van der Waals surface area contributed by atoms with Crippen LogP contribution in [0.25, 0.3) is 10.3 Å². The van der Waals surface area contributed by atoms with Crippen LogP contribution in [0.4, 0.5) is 22.5 Å². The molecular weight excluding hydrogens is 514 g/mol. The smallest absolute Gasteiger partial charge is 0.274 e. The number of carbonyl (C=O) groups is 1. The van der Waals surface area contributed by atoms with Crippen molar-refractivity contribution in [2.45, 2.75) is 31.8 Å². The Balaban J connectivity index is 0.00000280. The molecule has 1 amide bonds. The SMILES string of the molecule is Cl.O=C(Nc1cc2sc(N3CCOCC3)nc2nc1N1CCCCC1)c1cccc(N2CC[C@H](O)C2)n1. The van der Waals surface area contributed by atoms with Gasteiger partial charge in [0.2, 0.25) is 0 Å². The lowest BCUT2D eigenvalue weighted by Crippen LogP contribution is -2.36. The molecule has 0 spiro atoms. The van der Waals surface area contributed by atoms with Gasteiger partial charge in [-0.25, -0.2) is 9.97 Å². The first-order valence-corrected chi connectivity index (χ1v) is 13.6. The molecule has 1 atom stereocenters. The molecule has 37 heavy (non-hydrogen) atoms. The molecule has 2 N–H and O–H groups in total. The molecule has 3 aromatic heterocycles. The minimum Gasteiger partial charge on any atom is -0.391 e. The summed E-state index contributed by atoms with van der Waals surface area (Å²) in [5, 5.41) is 13.9. The Hall–Kier alpha value is -2.73. The molecule has 0 bridgehead atoms. The second kappa shape index (κ2) is 11.3. The number of rotatable bonds is 5. The average molecular weight is 546 g/mol. The number of carbonyl (C=O) groups excluding carboxylic acids is 1. The standard InChI is InChI=1S/C25H31N7O3S.ClH/c33-17-7-10-32(16-17)21-6-4-5-18(26-21)24(34)27-19-15-20-22(28-23(19)30-8-2-1-3-9-30)29-25(36-20)31-11-13-35-14-12-31;/h4-6,15,17,33H,1-3,7-14,16H2,(H,27,34);1H/t17-;/m0./s1. The molecule has 3 fully saturated rings. The van der Waals surface area contributed by atoms with E-state index < -0.39 is 0 Å². The number of hydrogen-bond acceptors (Lipinski definition) is 10. The van der Waals surface area contributed by atoms with Gasteiger partial charge in [0.15, 0.2) is 16.6 Å². The minimum absolute atomic E-state index is 0. The minimum atomic E-state index is -0.351. The first kappa shape index (κ1) is 25.9. The fourth-order valence-electron chi connectivity index (χ4n) is 5.03. The predicted molar refractivity (Wildman–Crippen MR) is 149 cm³/mol. The van der Waals surface area contributed by atoms with Gasteiger partial charge >= 0.3 is 0 Å². The van der Waals surface area contributed by atoms with E-state index in [0.29, 0.717) is 49.0 Å². The Labute approximate surface area is 226 Å². The highest BCUT2D eigenvalue weighted by Crippen LogP contribution is 2.35. The van der Waals surface area contributed by atoms with E-state index in [-0.39, 0.29) is 24.4 Å². The van der Waals surface area contributed by atoms with Gasteiger partial charge in [-0.3, -0.25) is 4.79 Å². The van der Waals surface area contributed by atoms with Crippen molar-refractivity contribution in [3.05, 3.63) is 30.0 Å². The van der Waals surface area contributed by atoms with E-state index in [1.54, 1.807) is 17.4 Å². The Morgan fingerprint density at radius 1 is 1.00 bits per heavy atom. The first-order valence-electron chi connectivity index (χ1n) is 12.7. The summed E-state index contributed by atoms with van der Waals surface area (Å²) in [6, 6.07) is 7.45. The number of halogens is 1. The largest absolute Gasteiger partial charge is 0.391 e. The quantitative estimate of drug-likeness (QED) is 0.500. The van der Waals surface area contributed by atoms with Crippen molar-refractivity contribution in [2.24, 2.45) is 0 Å². The zero-order chi connectivity index (χ0) is 24.5. The van der Waals surface area contributed by atoms with Crippen molar-refractivity contribution in [1.82, 2.24) is 15.0 Å². The lowest BCUT2D eigenvalue weighted by Gasteiger charge is -2.29. The molecule has 0 aliphatic carbocycles. The van der Waals surface area contributed by atoms with Gasteiger partial charge in [-0.1, -0.05) is 17.4 Å². The number of thiazole rings is 1. The van der Waals surface area contributed by atoms with Gasteiger partial charge in [0.05, 0.1) is 29.7 Å². The van der Waals surface area contributed by atoms with Crippen LogP contribution in [0.3, 0.4) is 0 Å². The summed E-state index contributed by atoms with van der Waals surface area (Å²) in [4.78, 5) is 34.2. The number of aromatic nitrogens is 3. The Morgan fingerprint density at radius 2 is 1.81 bits per heavy atom. The van der Waals surface area contributed by atoms with Gasteiger partial charge in [0.25, 0.3) is 5.91 Å². The van der Waals surface area contributed by atoms with Crippen LogP contribution in [-0.2, 0) is 4.74 Å². The number of ether oxygens (including phenoxy) is 1. The maximum Gasteiger partial charge on any atom is 0.274 e. The molecule has 12 heteroatoms. The van der Waals surface area contributed by atoms with Gasteiger partial charge in [-0.2, -0.15) is 4.98 Å². The molecule has 0 saturated carbocycles. The molecule has 3 aromatic rings. The highest BCUT2D eigenvalue weighted by Gasteiger charge is 2.24. The third-order valence-corrected chi connectivity index (χ3v) is 8.04. The monoisotopic (exact) mass is 545 g/mol. The topological polar surface area (TPSA) is 107 Å². The Kier molecular flexibility index (Phi) is 7.94. The van der Waals surface area contributed by atoms with Crippen molar-refractivity contribution < 1.29 is 14.6 Å². The van der Waals surface area contributed by atoms with Gasteiger partial charge in [-0.05, 0) is 43.9 Å². The van der Waals surface area contributed by atoms with Gasteiger partial charge in [0.1, 0.15) is 11.5 Å². The predicted octanol–water partition coefficient (Wildman–Crippen LogP) is 3.16. The summed E-state index contributed by atoms with van der Waals surface area (Å²) >= 11 is 1.60. The normalized spacial score (nSPS) is 20.2. The highest BCUT2D eigenvalue weighted by atomic mass is 35.5. The molecule has 10 nitrogen and oxygen atoms in total. The number of aliphatic hydroxyl groups is 1. The van der Waals surface area contributed by atoms with E-state index in [9.17, 15) is 9.90 Å². The van der Waals surface area contributed by atoms with Crippen molar-refractivity contribution in [1.29, 1.82) is 0 Å². The second-order valence-corrected chi connectivity index (χ2v) is 10.6. The summed E-state index contributed by atoms with van der Waals surface area (Å²) in [6.07, 6.45) is 3.78. The maximum absolute atomic E-state index is 13.3. The van der Waals surface area contributed by atoms with Crippen molar-refractivity contribution in [2.75, 3.05) is 72.5 Å². The fraction of sp³-hybridized carbons (Fsp3) is 0.520. The summed E-state index contributed by atoms with van der Waals surface area (Å²) in [5.41, 5.74) is 1.75. The zero-order valence-electron chi connectivity index (χ0n) is 20.6. The molecule has 3 aliphatic heterocycles. The van der Waals surface area contributed by atoms with Crippen LogP contribution < -0.4 is 20.0 Å². The molecule has 0 unspecified atom stereocenters. The van der Waals surface area contributed by atoms with E-state index in [4.69, 9.17) is 14.7 Å². The number of nitrogens with one attached hydrogen (secondary N) is 1. The van der Waals surface area contributed by atoms with Gasteiger partial charge in [-0.15, -0.1) is 12.4 Å². The van der Waals surface area contributed by atoms with Crippen LogP contribution in [0.2, 0.25) is 0 Å². The van der Waals surface area contributed by atoms with Crippen LogP contribution in [0.15, 0.2) is 24.3 Å². The summed E-state index contributed by atoms with van der Waals surface area (Å²) in [5.74, 6) is 1.21. The van der Waals surface area contributed by atoms with Gasteiger partial charge in [0, 0.05) is 39.3 Å². The van der Waals surface area contributed by atoms with Gasteiger partial charge < -0.3 is 29.9 Å². The molecule has 3 saturated heterocycles. The number of fused-ring (bicyclic) bond motifs is 1. The number of β-amino-alcohol motifs (C(OH)–C–C–N with tert-alkyl or cyclic N) is 1. The summed E-state index contributed by atoms with van der Waals surface area (Å²) in [7, 11) is 0. The average Bonchev–Trinajstić information content (AvgIpc) is 3.55. The van der Waals surface area contributed by atoms with E-state index >= 15 is 0 Å². The summed E-state index contributed by atoms with van der Waals surface area (Å²) < 4.78 is 6.43. The van der Waals surface area contributed by atoms with E-state index in [2.05, 4.69) is 20.1 Å². The highest BCUT2D eigenvalue weighted by molar-refractivity contribution is 7.22. The maximum atomic E-state index is 13.3. The van der Waals surface area contributed by atoms with Crippen LogP contribution in [0.1, 0.15) is 36.2 Å². The van der Waals surface area contributed by atoms with E-state index in [0.717, 1.165) is 61.2 Å². The van der Waals surface area contributed by atoms with Crippen molar-refractivity contribution in [3.63, 3.8) is 0 Å². The second-order valence-electron chi connectivity index (χ2n) is 9.55. The van der Waals surface area contributed by atoms with Crippen molar-refractivity contribution >= 4 is 62.5 Å². The molecular formula is C25H32ClN7O3S. The summed E-state index contributed by atoms with van der Waals surface area (Å²) in [6.45, 7) is 6.12. The number of piperidine rings is 1. The first-order chi connectivity index (χ1) is 17.6. The number of aliphatic hydroxyl groups excluding tert-OH is 1. The van der Waals surface area contributed by atoms with Crippen molar-refractivity contribution in [3.8, 4) is 0 Å². The number of nitrogens with zero attached hydrogens (tertiary/aromatic N) is 6. The van der Waals surface area contributed by atoms with Crippen LogP contribution in [0, 0.1) is 0 Å². The molecule has 198 valence electrons. The number of pyridine rings is 2. The third-order valence-electron chi connectivity index (χ3n) is 6.99. The molecule has 3 aliphatic rings. The number of morpholine rings is 1.